The second kappa shape index (κ2) is 6.88. The van der Waals surface area contributed by atoms with E-state index in [-0.39, 0.29) is 39.4 Å². The van der Waals surface area contributed by atoms with Gasteiger partial charge in [0, 0.05) is 6.07 Å². The molecule has 0 aliphatic carbocycles. The number of rotatable bonds is 4. The van der Waals surface area contributed by atoms with Crippen molar-refractivity contribution in [3.05, 3.63) is 45.9 Å². The summed E-state index contributed by atoms with van der Waals surface area (Å²) in [7, 11) is 4.22. The first-order valence-corrected chi connectivity index (χ1v) is 7.65. The van der Waals surface area contributed by atoms with E-state index in [9.17, 15) is 14.3 Å². The van der Waals surface area contributed by atoms with Crippen LogP contribution in [0.1, 0.15) is 5.56 Å². The van der Waals surface area contributed by atoms with Crippen molar-refractivity contribution in [2.24, 2.45) is 0 Å². The van der Waals surface area contributed by atoms with E-state index in [2.05, 4.69) is 0 Å². The molecule has 3 rings (SSSR count). The maximum atomic E-state index is 14.3. The largest absolute Gasteiger partial charge is 0.502 e. The Bertz CT molecular complexity index is 1150. The van der Waals surface area contributed by atoms with Gasteiger partial charge in [0.1, 0.15) is 5.75 Å². The molecule has 27 heavy (non-hydrogen) atoms. The van der Waals surface area contributed by atoms with Crippen LogP contribution in [0.15, 0.2) is 33.5 Å². The lowest BCUT2D eigenvalue weighted by molar-refractivity contribution is 0.349. The fourth-order valence-electron chi connectivity index (χ4n) is 2.70. The molecule has 0 atom stereocenters. The third-order valence-electron chi connectivity index (χ3n) is 4.00. The molecule has 0 bridgehead atoms. The molecule has 138 valence electrons. The van der Waals surface area contributed by atoms with Crippen molar-refractivity contribution < 1.29 is 28.1 Å². The van der Waals surface area contributed by atoms with E-state index in [0.29, 0.717) is 5.75 Å². The molecule has 7 nitrogen and oxygen atoms in total. The summed E-state index contributed by atoms with van der Waals surface area (Å²) >= 11 is 0. The molecule has 2 aromatic carbocycles. The number of hydrogen-bond acceptors (Lipinski definition) is 7. The van der Waals surface area contributed by atoms with Crippen molar-refractivity contribution in [2.75, 3.05) is 21.3 Å². The van der Waals surface area contributed by atoms with Gasteiger partial charge in [-0.15, -0.1) is 0 Å². The maximum Gasteiger partial charge on any atom is 0.235 e. The first-order valence-electron chi connectivity index (χ1n) is 7.65. The van der Waals surface area contributed by atoms with Gasteiger partial charge in [0.15, 0.2) is 28.7 Å². The highest BCUT2D eigenvalue weighted by molar-refractivity contribution is 5.85. The second-order valence-corrected chi connectivity index (χ2v) is 5.46. The van der Waals surface area contributed by atoms with Gasteiger partial charge in [-0.25, -0.2) is 4.39 Å². The highest BCUT2D eigenvalue weighted by Gasteiger charge is 2.23. The van der Waals surface area contributed by atoms with E-state index in [1.54, 1.807) is 6.07 Å². The average Bonchev–Trinajstić information content (AvgIpc) is 2.69. The number of hydrogen-bond donors (Lipinski definition) is 1. The molecule has 0 spiro atoms. The van der Waals surface area contributed by atoms with E-state index in [1.165, 1.54) is 33.5 Å². The summed E-state index contributed by atoms with van der Waals surface area (Å²) in [6, 6.07) is 6.75. The standard InChI is InChI=1S/C19H14FNO6/c1-24-13-7-15(26-3)14(25-2)6-10(13)19-17(23)16(22)11-4-9(8-21)5-12(20)18(11)27-19/h4-7,23H,1-3H3. The fourth-order valence-corrected chi connectivity index (χ4v) is 2.70. The van der Waals surface area contributed by atoms with E-state index in [0.717, 1.165) is 12.1 Å². The minimum Gasteiger partial charge on any atom is -0.502 e. The topological polar surface area (TPSA) is 102 Å². The number of fused-ring (bicyclic) bond motifs is 1. The van der Waals surface area contributed by atoms with E-state index >= 15 is 0 Å². The van der Waals surface area contributed by atoms with Crippen LogP contribution in [-0.4, -0.2) is 26.4 Å². The van der Waals surface area contributed by atoms with Gasteiger partial charge < -0.3 is 23.7 Å². The second-order valence-electron chi connectivity index (χ2n) is 5.46. The summed E-state index contributed by atoms with van der Waals surface area (Å²) in [6.45, 7) is 0. The molecule has 1 heterocycles. The zero-order valence-electron chi connectivity index (χ0n) is 14.6. The number of benzene rings is 2. The normalized spacial score (nSPS) is 10.5. The van der Waals surface area contributed by atoms with Crippen LogP contribution in [-0.2, 0) is 0 Å². The van der Waals surface area contributed by atoms with Crippen LogP contribution in [0.5, 0.6) is 23.0 Å². The van der Waals surface area contributed by atoms with Crippen LogP contribution >= 0.6 is 0 Å². The molecular weight excluding hydrogens is 357 g/mol. The summed E-state index contributed by atoms with van der Waals surface area (Å²) in [5.74, 6) is -1.10. The van der Waals surface area contributed by atoms with Crippen LogP contribution in [0.4, 0.5) is 4.39 Å². The molecule has 0 unspecified atom stereocenters. The summed E-state index contributed by atoms with van der Waals surface area (Å²) in [4.78, 5) is 12.5. The minimum absolute atomic E-state index is 0.0665. The number of aromatic hydroxyl groups is 1. The van der Waals surface area contributed by atoms with Gasteiger partial charge in [-0.1, -0.05) is 0 Å². The summed E-state index contributed by atoms with van der Waals surface area (Å²) in [5, 5.41) is 19.1. The lowest BCUT2D eigenvalue weighted by atomic mass is 10.1. The number of ether oxygens (including phenoxy) is 3. The molecule has 0 radical (unpaired) electrons. The molecule has 0 saturated heterocycles. The Kier molecular flexibility index (Phi) is 4.60. The quantitative estimate of drug-likeness (QED) is 0.751. The van der Waals surface area contributed by atoms with Crippen LogP contribution in [0, 0.1) is 17.1 Å². The van der Waals surface area contributed by atoms with Crippen molar-refractivity contribution in [3.8, 4) is 40.4 Å². The van der Waals surface area contributed by atoms with Crippen molar-refractivity contribution >= 4 is 11.0 Å². The number of halogens is 1. The van der Waals surface area contributed by atoms with Gasteiger partial charge in [-0.05, 0) is 18.2 Å². The SMILES string of the molecule is COc1cc(OC)c(-c2oc3c(F)cc(C#N)cc3c(=O)c2O)cc1OC. The number of methoxy groups -OCH3 is 3. The molecule has 0 aliphatic heterocycles. The fraction of sp³-hybridized carbons (Fsp3) is 0.158. The van der Waals surface area contributed by atoms with Crippen LogP contribution in [0.25, 0.3) is 22.3 Å². The summed E-state index contributed by atoms with van der Waals surface area (Å²) in [5.41, 5.74) is -1.17. The molecule has 1 aromatic heterocycles. The minimum atomic E-state index is -0.901. The Morgan fingerprint density at radius 3 is 2.26 bits per heavy atom. The average molecular weight is 371 g/mol. The molecular formula is C19H14FNO6. The van der Waals surface area contributed by atoms with Crippen molar-refractivity contribution in [3.63, 3.8) is 0 Å². The highest BCUT2D eigenvalue weighted by Crippen LogP contribution is 2.43. The van der Waals surface area contributed by atoms with Gasteiger partial charge in [0.2, 0.25) is 11.2 Å². The van der Waals surface area contributed by atoms with Crippen molar-refractivity contribution in [1.82, 2.24) is 0 Å². The Morgan fingerprint density at radius 1 is 1.04 bits per heavy atom. The highest BCUT2D eigenvalue weighted by atomic mass is 19.1. The van der Waals surface area contributed by atoms with E-state index in [1.807, 2.05) is 0 Å². The summed E-state index contributed by atoms with van der Waals surface area (Å²) < 4.78 is 35.5. The summed E-state index contributed by atoms with van der Waals surface area (Å²) in [6.07, 6.45) is 0. The smallest absolute Gasteiger partial charge is 0.235 e. The third-order valence-corrected chi connectivity index (χ3v) is 4.00. The van der Waals surface area contributed by atoms with E-state index < -0.39 is 17.0 Å². The molecule has 1 N–H and O–H groups in total. The van der Waals surface area contributed by atoms with Crippen LogP contribution in [0.2, 0.25) is 0 Å². The van der Waals surface area contributed by atoms with Crippen LogP contribution in [0.3, 0.4) is 0 Å². The zero-order valence-corrected chi connectivity index (χ0v) is 14.6. The lowest BCUT2D eigenvalue weighted by Gasteiger charge is -2.14. The van der Waals surface area contributed by atoms with Crippen molar-refractivity contribution in [1.29, 1.82) is 5.26 Å². The van der Waals surface area contributed by atoms with Crippen molar-refractivity contribution in [2.45, 2.75) is 0 Å². The van der Waals surface area contributed by atoms with E-state index in [4.69, 9.17) is 23.9 Å². The van der Waals surface area contributed by atoms with Crippen LogP contribution < -0.4 is 19.6 Å². The van der Waals surface area contributed by atoms with Gasteiger partial charge in [0.25, 0.3) is 0 Å². The van der Waals surface area contributed by atoms with Gasteiger partial charge >= 0.3 is 0 Å². The Hall–Kier alpha value is -3.73. The third kappa shape index (κ3) is 2.89. The Balaban J connectivity index is 2.39. The maximum absolute atomic E-state index is 14.3. The van der Waals surface area contributed by atoms with Gasteiger partial charge in [-0.2, -0.15) is 5.26 Å². The zero-order chi connectivity index (χ0) is 19.7. The predicted molar refractivity (Wildman–Crippen MR) is 93.9 cm³/mol. The Morgan fingerprint density at radius 2 is 1.67 bits per heavy atom. The Labute approximate surface area is 152 Å². The van der Waals surface area contributed by atoms with Gasteiger partial charge in [0.05, 0.1) is 43.9 Å². The van der Waals surface area contributed by atoms with Gasteiger partial charge in [-0.3, -0.25) is 4.79 Å². The lowest BCUT2D eigenvalue weighted by Crippen LogP contribution is -2.05. The number of nitrogens with zero attached hydrogens (tertiary/aromatic N) is 1. The molecule has 0 saturated carbocycles. The predicted octanol–water partition coefficient (Wildman–Crippen LogP) is 3.20. The molecule has 0 aliphatic rings. The monoisotopic (exact) mass is 371 g/mol. The molecule has 3 aromatic rings. The molecule has 8 heteroatoms. The first-order chi connectivity index (χ1) is 12.9. The number of nitriles is 1. The molecule has 0 fully saturated rings. The molecule has 0 amide bonds. The first kappa shape index (κ1) is 18.1.